The van der Waals surface area contributed by atoms with Gasteiger partial charge in [0.25, 0.3) is 0 Å². The van der Waals surface area contributed by atoms with Crippen molar-refractivity contribution >= 4 is 45.9 Å². The van der Waals surface area contributed by atoms with Crippen LogP contribution in [0.3, 0.4) is 0 Å². The summed E-state index contributed by atoms with van der Waals surface area (Å²) in [6, 6.07) is 11.2. The van der Waals surface area contributed by atoms with Crippen molar-refractivity contribution in [3.63, 3.8) is 0 Å². The number of hydrogen-bond donors (Lipinski definition) is 0. The van der Waals surface area contributed by atoms with Crippen LogP contribution < -0.4 is 5.63 Å². The number of esters is 1. The van der Waals surface area contributed by atoms with E-state index in [9.17, 15) is 14.4 Å². The summed E-state index contributed by atoms with van der Waals surface area (Å²) in [6.07, 6.45) is -0.112. The van der Waals surface area contributed by atoms with Crippen molar-refractivity contribution in [1.82, 2.24) is 0 Å². The van der Waals surface area contributed by atoms with Crippen molar-refractivity contribution < 1.29 is 18.7 Å². The second-order valence-electron chi connectivity index (χ2n) is 5.97. The van der Waals surface area contributed by atoms with Crippen molar-refractivity contribution in [2.45, 2.75) is 6.42 Å². The Morgan fingerprint density at radius 1 is 1.14 bits per heavy atom. The Morgan fingerprint density at radius 3 is 2.46 bits per heavy atom. The number of fused-ring (bicyclic) bond motifs is 1. The fourth-order valence-electron chi connectivity index (χ4n) is 2.87. The van der Waals surface area contributed by atoms with Gasteiger partial charge in [0.2, 0.25) is 5.78 Å². The molecule has 0 saturated heterocycles. The van der Waals surface area contributed by atoms with Crippen molar-refractivity contribution in [2.24, 2.45) is 0 Å². The van der Waals surface area contributed by atoms with Gasteiger partial charge in [-0.15, -0.1) is 0 Å². The summed E-state index contributed by atoms with van der Waals surface area (Å²) in [7, 11) is 1.22. The number of hydrogen-bond acceptors (Lipinski definition) is 5. The van der Waals surface area contributed by atoms with Gasteiger partial charge in [0.1, 0.15) is 5.56 Å². The predicted molar refractivity (Wildman–Crippen MR) is 107 cm³/mol. The summed E-state index contributed by atoms with van der Waals surface area (Å²) in [5, 5.41) is 0.749. The van der Waals surface area contributed by atoms with Crippen LogP contribution >= 0.6 is 23.2 Å². The Labute approximate surface area is 170 Å². The standard InChI is InChI=1S/C21H14Cl2O5/c1-11(20(25)27-2)8-14-15-9-13(22)10-16(23)19(15)28-21(26)17(14)18(24)12-6-4-3-5-7-12/h3-7,9-10H,1,8H2,2H3. The third-order valence-electron chi connectivity index (χ3n) is 4.16. The molecule has 1 heterocycles. The highest BCUT2D eigenvalue weighted by molar-refractivity contribution is 6.38. The highest BCUT2D eigenvalue weighted by Crippen LogP contribution is 2.32. The molecule has 0 aliphatic carbocycles. The van der Waals surface area contributed by atoms with Crippen LogP contribution in [-0.2, 0) is 16.0 Å². The number of ether oxygens (including phenoxy) is 1. The van der Waals surface area contributed by atoms with Gasteiger partial charge in [0, 0.05) is 28.0 Å². The van der Waals surface area contributed by atoms with Crippen molar-refractivity contribution in [3.8, 4) is 0 Å². The van der Waals surface area contributed by atoms with Gasteiger partial charge in [-0.25, -0.2) is 9.59 Å². The number of methoxy groups -OCH3 is 1. The first-order chi connectivity index (χ1) is 13.3. The molecule has 0 bridgehead atoms. The fourth-order valence-corrected chi connectivity index (χ4v) is 3.40. The molecule has 2 aromatic carbocycles. The predicted octanol–water partition coefficient (Wildman–Crippen LogP) is 4.60. The molecule has 0 atom stereocenters. The molecule has 0 spiro atoms. The van der Waals surface area contributed by atoms with Crippen molar-refractivity contribution in [2.75, 3.05) is 7.11 Å². The van der Waals surface area contributed by atoms with E-state index in [-0.39, 0.29) is 38.7 Å². The molecule has 0 N–H and O–H groups in total. The molecule has 0 saturated carbocycles. The van der Waals surface area contributed by atoms with Crippen molar-refractivity contribution in [1.29, 1.82) is 0 Å². The number of carbonyl (C=O) groups excluding carboxylic acids is 2. The average molecular weight is 417 g/mol. The maximum absolute atomic E-state index is 13.1. The molecule has 7 heteroatoms. The third kappa shape index (κ3) is 3.72. The van der Waals surface area contributed by atoms with Crippen LogP contribution in [0.5, 0.6) is 0 Å². The molecule has 3 rings (SSSR count). The average Bonchev–Trinajstić information content (AvgIpc) is 2.68. The van der Waals surface area contributed by atoms with Crippen LogP contribution in [0.2, 0.25) is 10.0 Å². The largest absolute Gasteiger partial charge is 0.466 e. The first-order valence-electron chi connectivity index (χ1n) is 8.14. The summed E-state index contributed by atoms with van der Waals surface area (Å²) >= 11 is 12.3. The fraction of sp³-hybridized carbons (Fsp3) is 0.0952. The summed E-state index contributed by atoms with van der Waals surface area (Å²) in [5.74, 6) is -1.20. The second kappa shape index (κ2) is 8.00. The quantitative estimate of drug-likeness (QED) is 0.263. The lowest BCUT2D eigenvalue weighted by Crippen LogP contribution is -2.20. The minimum absolute atomic E-state index is 0.0626. The van der Waals surface area contributed by atoms with E-state index in [2.05, 4.69) is 11.3 Å². The summed E-state index contributed by atoms with van der Waals surface area (Å²) in [4.78, 5) is 37.6. The zero-order valence-electron chi connectivity index (χ0n) is 14.8. The van der Waals surface area contributed by atoms with Gasteiger partial charge in [0.15, 0.2) is 5.58 Å². The van der Waals surface area contributed by atoms with E-state index in [1.807, 2.05) is 0 Å². The molecule has 28 heavy (non-hydrogen) atoms. The summed E-state index contributed by atoms with van der Waals surface area (Å²) in [6.45, 7) is 3.69. The van der Waals surface area contributed by atoms with Crippen LogP contribution in [0.25, 0.3) is 11.0 Å². The monoisotopic (exact) mass is 416 g/mol. The van der Waals surface area contributed by atoms with Gasteiger partial charge in [-0.05, 0) is 17.7 Å². The third-order valence-corrected chi connectivity index (χ3v) is 4.66. The van der Waals surface area contributed by atoms with Gasteiger partial charge < -0.3 is 9.15 Å². The molecule has 0 amide bonds. The number of carbonyl (C=O) groups is 2. The van der Waals surface area contributed by atoms with Crippen LogP contribution in [0.15, 0.2) is 63.8 Å². The minimum Gasteiger partial charge on any atom is -0.466 e. The van der Waals surface area contributed by atoms with Gasteiger partial charge >= 0.3 is 11.6 Å². The number of ketones is 1. The van der Waals surface area contributed by atoms with Crippen LogP contribution in [-0.4, -0.2) is 18.9 Å². The topological polar surface area (TPSA) is 73.6 Å². The lowest BCUT2D eigenvalue weighted by molar-refractivity contribution is -0.136. The lowest BCUT2D eigenvalue weighted by atomic mass is 9.93. The van der Waals surface area contributed by atoms with E-state index in [0.29, 0.717) is 10.9 Å². The van der Waals surface area contributed by atoms with E-state index >= 15 is 0 Å². The SMILES string of the molecule is C=C(Cc1c(C(=O)c2ccccc2)c(=O)oc2c(Cl)cc(Cl)cc12)C(=O)OC. The highest BCUT2D eigenvalue weighted by Gasteiger charge is 2.25. The Morgan fingerprint density at radius 2 is 1.82 bits per heavy atom. The zero-order chi connectivity index (χ0) is 20.4. The van der Waals surface area contributed by atoms with E-state index < -0.39 is 17.4 Å². The lowest BCUT2D eigenvalue weighted by Gasteiger charge is -2.13. The van der Waals surface area contributed by atoms with Gasteiger partial charge in [-0.3, -0.25) is 4.79 Å². The molecule has 0 unspecified atom stereocenters. The second-order valence-corrected chi connectivity index (χ2v) is 6.82. The zero-order valence-corrected chi connectivity index (χ0v) is 16.3. The number of rotatable bonds is 5. The Kier molecular flexibility index (Phi) is 5.68. The van der Waals surface area contributed by atoms with Crippen molar-refractivity contribution in [3.05, 3.63) is 91.8 Å². The molecule has 1 aromatic heterocycles. The molecule has 0 radical (unpaired) electrons. The molecular formula is C21H14Cl2O5. The van der Waals surface area contributed by atoms with E-state index in [1.54, 1.807) is 30.3 Å². The molecule has 5 nitrogen and oxygen atoms in total. The summed E-state index contributed by atoms with van der Waals surface area (Å²) < 4.78 is 10.00. The van der Waals surface area contributed by atoms with E-state index in [4.69, 9.17) is 27.6 Å². The molecule has 0 aliphatic heterocycles. The maximum atomic E-state index is 13.1. The minimum atomic E-state index is -0.863. The normalized spacial score (nSPS) is 10.7. The molecule has 0 aliphatic rings. The molecule has 0 fully saturated rings. The smallest absolute Gasteiger partial charge is 0.347 e. The first kappa shape index (κ1) is 19.9. The Hall–Kier alpha value is -2.89. The molecular weight excluding hydrogens is 403 g/mol. The van der Waals surface area contributed by atoms with E-state index in [0.717, 1.165) is 0 Å². The Balaban J connectivity index is 2.33. The van der Waals surface area contributed by atoms with Crippen LogP contribution in [0.4, 0.5) is 0 Å². The molecule has 142 valence electrons. The summed E-state index contributed by atoms with van der Waals surface area (Å²) in [5.41, 5.74) is -0.381. The highest BCUT2D eigenvalue weighted by atomic mass is 35.5. The first-order valence-corrected chi connectivity index (χ1v) is 8.89. The van der Waals surface area contributed by atoms with Crippen LogP contribution in [0, 0.1) is 0 Å². The number of halogens is 2. The number of benzene rings is 2. The van der Waals surface area contributed by atoms with Crippen LogP contribution in [0.1, 0.15) is 21.5 Å². The van der Waals surface area contributed by atoms with Gasteiger partial charge in [-0.1, -0.05) is 60.1 Å². The van der Waals surface area contributed by atoms with Gasteiger partial charge in [-0.2, -0.15) is 0 Å². The molecule has 3 aromatic rings. The van der Waals surface area contributed by atoms with Gasteiger partial charge in [0.05, 0.1) is 12.1 Å². The maximum Gasteiger partial charge on any atom is 0.347 e. The Bertz CT molecular complexity index is 1160. The van der Waals surface area contributed by atoms with E-state index in [1.165, 1.54) is 19.2 Å².